The van der Waals surface area contributed by atoms with Gasteiger partial charge in [0.2, 0.25) is 0 Å². The van der Waals surface area contributed by atoms with Crippen molar-refractivity contribution < 1.29 is 0 Å². The number of piperazine rings is 1. The van der Waals surface area contributed by atoms with Gasteiger partial charge in [-0.05, 0) is 37.1 Å². The van der Waals surface area contributed by atoms with Crippen LogP contribution in [0.25, 0.3) is 0 Å². The summed E-state index contributed by atoms with van der Waals surface area (Å²) in [4.78, 5) is 5.09. The third-order valence-electron chi connectivity index (χ3n) is 4.60. The van der Waals surface area contributed by atoms with E-state index in [2.05, 4.69) is 9.80 Å². The second-order valence-corrected chi connectivity index (χ2v) is 6.59. The molecular weight excluding hydrogens is 293 g/mol. The molecule has 0 saturated carbocycles. The summed E-state index contributed by atoms with van der Waals surface area (Å²) in [5.41, 5.74) is 7.13. The Morgan fingerprint density at radius 2 is 2.10 bits per heavy atom. The molecule has 2 fully saturated rings. The summed E-state index contributed by atoms with van der Waals surface area (Å²) in [6, 6.07) is 6.62. The first-order chi connectivity index (χ1) is 9.69. The minimum absolute atomic E-state index is 0.197. The first-order valence-electron chi connectivity index (χ1n) is 7.32. The van der Waals surface area contributed by atoms with Crippen LogP contribution >= 0.6 is 23.2 Å². The van der Waals surface area contributed by atoms with Crippen molar-refractivity contribution in [3.63, 3.8) is 0 Å². The van der Waals surface area contributed by atoms with E-state index in [9.17, 15) is 0 Å². The van der Waals surface area contributed by atoms with Crippen LogP contribution in [0, 0.1) is 0 Å². The molecule has 0 aromatic heterocycles. The third-order valence-corrected chi connectivity index (χ3v) is 5.17. The third kappa shape index (κ3) is 2.83. The molecule has 0 aliphatic carbocycles. The van der Waals surface area contributed by atoms with E-state index < -0.39 is 0 Å². The lowest BCUT2D eigenvalue weighted by atomic mass is 10.0. The number of fused-ring (bicyclic) bond motifs is 1. The van der Waals surface area contributed by atoms with E-state index in [0.29, 0.717) is 17.6 Å². The summed E-state index contributed by atoms with van der Waals surface area (Å²) in [5.74, 6) is 0. The Balaban J connectivity index is 1.79. The number of benzene rings is 1. The number of rotatable bonds is 3. The van der Waals surface area contributed by atoms with E-state index >= 15 is 0 Å². The van der Waals surface area contributed by atoms with E-state index in [1.807, 2.05) is 18.2 Å². The Morgan fingerprint density at radius 1 is 1.25 bits per heavy atom. The van der Waals surface area contributed by atoms with Crippen LogP contribution in [0.4, 0.5) is 0 Å². The van der Waals surface area contributed by atoms with Crippen molar-refractivity contribution in [2.45, 2.75) is 24.9 Å². The molecule has 0 radical (unpaired) electrons. The number of hydrogen-bond acceptors (Lipinski definition) is 3. The molecule has 0 spiro atoms. The average molecular weight is 314 g/mol. The molecule has 1 aromatic carbocycles. The Kier molecular flexibility index (Phi) is 4.53. The van der Waals surface area contributed by atoms with Gasteiger partial charge in [0.1, 0.15) is 0 Å². The Bertz CT molecular complexity index is 480. The van der Waals surface area contributed by atoms with Crippen LogP contribution in [0.2, 0.25) is 10.0 Å². The van der Waals surface area contributed by atoms with Crippen LogP contribution < -0.4 is 5.73 Å². The van der Waals surface area contributed by atoms with Crippen LogP contribution in [0.15, 0.2) is 18.2 Å². The van der Waals surface area contributed by atoms with Gasteiger partial charge in [0.05, 0.1) is 0 Å². The smallest absolute Gasteiger partial charge is 0.0486 e. The van der Waals surface area contributed by atoms with Gasteiger partial charge in [0.15, 0.2) is 0 Å². The largest absolute Gasteiger partial charge is 0.329 e. The van der Waals surface area contributed by atoms with Crippen molar-refractivity contribution in [3.05, 3.63) is 33.8 Å². The number of halogens is 2. The van der Waals surface area contributed by atoms with Crippen molar-refractivity contribution in [2.24, 2.45) is 5.73 Å². The topological polar surface area (TPSA) is 32.5 Å². The molecule has 2 atom stereocenters. The normalized spacial score (nSPS) is 25.6. The molecular formula is C15H21Cl2N3. The lowest BCUT2D eigenvalue weighted by molar-refractivity contribution is 0.0737. The van der Waals surface area contributed by atoms with Gasteiger partial charge >= 0.3 is 0 Å². The van der Waals surface area contributed by atoms with Crippen LogP contribution in [-0.4, -0.2) is 48.6 Å². The van der Waals surface area contributed by atoms with Gasteiger partial charge in [-0.3, -0.25) is 9.80 Å². The average Bonchev–Trinajstić information content (AvgIpc) is 2.89. The molecule has 2 N–H and O–H groups in total. The van der Waals surface area contributed by atoms with Crippen LogP contribution in [-0.2, 0) is 0 Å². The molecule has 3 rings (SSSR count). The molecule has 2 saturated heterocycles. The maximum atomic E-state index is 6.36. The van der Waals surface area contributed by atoms with E-state index in [-0.39, 0.29) is 6.04 Å². The quantitative estimate of drug-likeness (QED) is 0.931. The summed E-state index contributed by atoms with van der Waals surface area (Å²) in [7, 11) is 0. The first kappa shape index (κ1) is 14.6. The fraction of sp³-hybridized carbons (Fsp3) is 0.600. The second kappa shape index (κ2) is 6.20. The van der Waals surface area contributed by atoms with Gasteiger partial charge in [-0.25, -0.2) is 0 Å². The van der Waals surface area contributed by atoms with Gasteiger partial charge < -0.3 is 5.73 Å². The van der Waals surface area contributed by atoms with Gasteiger partial charge in [-0.2, -0.15) is 0 Å². The molecule has 1 aromatic rings. The first-order valence-corrected chi connectivity index (χ1v) is 8.07. The predicted octanol–water partition coefficient (Wildman–Crippen LogP) is 2.77. The van der Waals surface area contributed by atoms with E-state index in [1.54, 1.807) is 0 Å². The predicted molar refractivity (Wildman–Crippen MR) is 84.4 cm³/mol. The van der Waals surface area contributed by atoms with Crippen molar-refractivity contribution >= 4 is 23.2 Å². The Hall–Kier alpha value is -0.320. The highest BCUT2D eigenvalue weighted by molar-refractivity contribution is 6.35. The van der Waals surface area contributed by atoms with Gasteiger partial charge in [-0.1, -0.05) is 29.3 Å². The SMILES string of the molecule is NCC(c1ccc(Cl)cc1Cl)N1CCN2CCCC2C1. The van der Waals surface area contributed by atoms with Crippen molar-refractivity contribution in [3.8, 4) is 0 Å². The zero-order valence-corrected chi connectivity index (χ0v) is 13.1. The zero-order chi connectivity index (χ0) is 14.1. The Morgan fingerprint density at radius 3 is 2.85 bits per heavy atom. The summed E-state index contributed by atoms with van der Waals surface area (Å²) in [6.07, 6.45) is 2.63. The fourth-order valence-corrected chi connectivity index (χ4v) is 4.08. The summed E-state index contributed by atoms with van der Waals surface area (Å²) in [6.45, 7) is 5.16. The minimum atomic E-state index is 0.197. The maximum absolute atomic E-state index is 6.36. The Labute approximate surface area is 130 Å². The molecule has 0 amide bonds. The second-order valence-electron chi connectivity index (χ2n) is 5.74. The lowest BCUT2D eigenvalue weighted by Gasteiger charge is -2.41. The molecule has 5 heteroatoms. The standard InChI is InChI=1S/C15H21Cl2N3/c16-11-3-4-13(14(17)8-11)15(9-18)20-7-6-19-5-1-2-12(19)10-20/h3-4,8,12,15H,1-2,5-7,9-10,18H2. The molecule has 2 aliphatic heterocycles. The molecule has 110 valence electrons. The van der Waals surface area contributed by atoms with E-state index in [1.165, 1.54) is 19.4 Å². The molecule has 2 aliphatic rings. The fourth-order valence-electron chi connectivity index (χ4n) is 3.54. The van der Waals surface area contributed by atoms with Crippen LogP contribution in [0.5, 0.6) is 0 Å². The van der Waals surface area contributed by atoms with E-state index in [4.69, 9.17) is 28.9 Å². The number of nitrogens with zero attached hydrogens (tertiary/aromatic N) is 2. The number of nitrogens with two attached hydrogens (primary N) is 1. The summed E-state index contributed by atoms with van der Waals surface area (Å²) >= 11 is 12.3. The summed E-state index contributed by atoms with van der Waals surface area (Å²) in [5, 5.41) is 1.40. The molecule has 2 unspecified atom stereocenters. The van der Waals surface area contributed by atoms with E-state index in [0.717, 1.165) is 30.2 Å². The number of hydrogen-bond donors (Lipinski definition) is 1. The van der Waals surface area contributed by atoms with Gasteiger partial charge in [0.25, 0.3) is 0 Å². The molecule has 3 nitrogen and oxygen atoms in total. The van der Waals surface area contributed by atoms with Crippen molar-refractivity contribution in [2.75, 3.05) is 32.7 Å². The van der Waals surface area contributed by atoms with Crippen molar-refractivity contribution in [1.82, 2.24) is 9.80 Å². The summed E-state index contributed by atoms with van der Waals surface area (Å²) < 4.78 is 0. The maximum Gasteiger partial charge on any atom is 0.0486 e. The highest BCUT2D eigenvalue weighted by Crippen LogP contribution is 2.32. The van der Waals surface area contributed by atoms with Crippen molar-refractivity contribution in [1.29, 1.82) is 0 Å². The lowest BCUT2D eigenvalue weighted by Crippen LogP contribution is -2.52. The molecule has 0 bridgehead atoms. The van der Waals surface area contributed by atoms with Crippen LogP contribution in [0.3, 0.4) is 0 Å². The monoisotopic (exact) mass is 313 g/mol. The zero-order valence-electron chi connectivity index (χ0n) is 11.6. The van der Waals surface area contributed by atoms with Gasteiger partial charge in [0, 0.05) is 48.3 Å². The minimum Gasteiger partial charge on any atom is -0.329 e. The molecule has 20 heavy (non-hydrogen) atoms. The highest BCUT2D eigenvalue weighted by Gasteiger charge is 2.33. The highest BCUT2D eigenvalue weighted by atomic mass is 35.5. The van der Waals surface area contributed by atoms with Gasteiger partial charge in [-0.15, -0.1) is 0 Å². The molecule has 2 heterocycles. The van der Waals surface area contributed by atoms with Crippen LogP contribution in [0.1, 0.15) is 24.4 Å².